The zero-order valence-electron chi connectivity index (χ0n) is 18.1. The van der Waals surface area contributed by atoms with Crippen LogP contribution in [0.2, 0.25) is 0 Å². The number of amides is 3. The van der Waals surface area contributed by atoms with Crippen molar-refractivity contribution in [2.45, 2.75) is 44.0 Å². The molecule has 0 unspecified atom stereocenters. The number of hydrogen-bond donors (Lipinski definition) is 6. The van der Waals surface area contributed by atoms with Gasteiger partial charge in [0.2, 0.25) is 12.2 Å². The van der Waals surface area contributed by atoms with Crippen molar-refractivity contribution in [3.05, 3.63) is 35.9 Å². The minimum absolute atomic E-state index is 0.0540. The van der Waals surface area contributed by atoms with E-state index in [0.29, 0.717) is 19.4 Å². The first-order valence-electron chi connectivity index (χ1n) is 10.5. The third-order valence-electron chi connectivity index (χ3n) is 5.00. The maximum absolute atomic E-state index is 13.1. The Morgan fingerprint density at radius 1 is 1.33 bits per heavy atom. The van der Waals surface area contributed by atoms with Crippen molar-refractivity contribution >= 4 is 30.2 Å². The third-order valence-corrected chi connectivity index (χ3v) is 5.00. The summed E-state index contributed by atoms with van der Waals surface area (Å²) in [5, 5.41) is 24.6. The molecule has 0 aliphatic carbocycles. The molecule has 0 bridgehead atoms. The summed E-state index contributed by atoms with van der Waals surface area (Å²) in [5.74, 6) is -1.83. The molecule has 1 fully saturated rings. The highest BCUT2D eigenvalue weighted by Crippen LogP contribution is 2.14. The molecule has 3 amide bonds. The maximum atomic E-state index is 13.1. The van der Waals surface area contributed by atoms with E-state index in [9.17, 15) is 24.3 Å². The Hall–Kier alpha value is -3.51. The number of aliphatic hydroxyl groups is 1. The van der Waals surface area contributed by atoms with Gasteiger partial charge in [0, 0.05) is 6.54 Å². The molecular formula is C21H29N6O6. The van der Waals surface area contributed by atoms with Gasteiger partial charge in [-0.05, 0) is 31.4 Å². The summed E-state index contributed by atoms with van der Waals surface area (Å²) in [6, 6.07) is 5.47. The average molecular weight is 461 g/mol. The SMILES string of the molecule is N=C(N)NCCC[C@@H]([C]=O)N(C(=O)[C@@H]1CCN1)C(=O)[C@@H](CO)NC(=O)OCc1ccccc1. The molecule has 1 radical (unpaired) electrons. The van der Waals surface area contributed by atoms with Gasteiger partial charge in [0.15, 0.2) is 5.96 Å². The van der Waals surface area contributed by atoms with Crippen LogP contribution in [0.15, 0.2) is 30.3 Å². The number of nitrogens with one attached hydrogen (secondary N) is 4. The lowest BCUT2D eigenvalue weighted by Crippen LogP contribution is -2.62. The molecule has 1 saturated heterocycles. The Morgan fingerprint density at radius 3 is 2.58 bits per heavy atom. The van der Waals surface area contributed by atoms with E-state index < -0.39 is 42.6 Å². The number of nitrogens with two attached hydrogens (primary N) is 1. The van der Waals surface area contributed by atoms with Crippen molar-refractivity contribution in [1.82, 2.24) is 20.9 Å². The van der Waals surface area contributed by atoms with Crippen molar-refractivity contribution in [2.75, 3.05) is 19.7 Å². The zero-order chi connectivity index (χ0) is 24.2. The van der Waals surface area contributed by atoms with Crippen LogP contribution in [-0.2, 0) is 25.7 Å². The van der Waals surface area contributed by atoms with Crippen LogP contribution in [0.25, 0.3) is 0 Å². The van der Waals surface area contributed by atoms with E-state index in [0.717, 1.165) is 10.5 Å². The van der Waals surface area contributed by atoms with Gasteiger partial charge >= 0.3 is 6.09 Å². The number of ether oxygens (including phenoxy) is 1. The summed E-state index contributed by atoms with van der Waals surface area (Å²) < 4.78 is 5.07. The normalized spacial score (nSPS) is 16.5. The fourth-order valence-corrected chi connectivity index (χ4v) is 3.10. The molecule has 0 aromatic heterocycles. The number of guanidine groups is 1. The molecule has 1 aliphatic rings. The van der Waals surface area contributed by atoms with E-state index in [4.69, 9.17) is 15.9 Å². The van der Waals surface area contributed by atoms with Crippen molar-refractivity contribution in [3.8, 4) is 0 Å². The summed E-state index contributed by atoms with van der Waals surface area (Å²) in [5.41, 5.74) is 5.94. The summed E-state index contributed by atoms with van der Waals surface area (Å²) in [6.07, 6.45) is 1.59. The van der Waals surface area contributed by atoms with Crippen molar-refractivity contribution in [1.29, 1.82) is 5.41 Å². The van der Waals surface area contributed by atoms with E-state index >= 15 is 0 Å². The van der Waals surface area contributed by atoms with Crippen molar-refractivity contribution in [2.24, 2.45) is 5.73 Å². The molecule has 1 aromatic rings. The average Bonchev–Trinajstić information content (AvgIpc) is 2.77. The molecule has 12 nitrogen and oxygen atoms in total. The van der Waals surface area contributed by atoms with Crippen molar-refractivity contribution in [3.63, 3.8) is 0 Å². The Kier molecular flexibility index (Phi) is 10.2. The monoisotopic (exact) mass is 461 g/mol. The fourth-order valence-electron chi connectivity index (χ4n) is 3.10. The number of nitrogens with zero attached hydrogens (tertiary/aromatic N) is 1. The molecule has 2 rings (SSSR count). The van der Waals surface area contributed by atoms with Crippen LogP contribution in [-0.4, -0.2) is 78.0 Å². The van der Waals surface area contributed by atoms with Gasteiger partial charge in [0.1, 0.15) is 18.7 Å². The molecule has 1 heterocycles. The molecule has 0 spiro atoms. The maximum Gasteiger partial charge on any atom is 0.408 e. The Bertz CT molecular complexity index is 832. The Balaban J connectivity index is 2.06. The van der Waals surface area contributed by atoms with Crippen LogP contribution in [0.3, 0.4) is 0 Å². The van der Waals surface area contributed by atoms with E-state index in [-0.39, 0.29) is 25.5 Å². The van der Waals surface area contributed by atoms with Crippen LogP contribution in [0.5, 0.6) is 0 Å². The minimum Gasteiger partial charge on any atom is -0.445 e. The topological polar surface area (TPSA) is 187 Å². The number of hydrogen-bond acceptors (Lipinski definition) is 8. The van der Waals surface area contributed by atoms with Crippen LogP contribution >= 0.6 is 0 Å². The second-order valence-corrected chi connectivity index (χ2v) is 7.40. The number of benzene rings is 1. The fraction of sp³-hybridized carbons (Fsp3) is 0.476. The molecule has 7 N–H and O–H groups in total. The van der Waals surface area contributed by atoms with E-state index in [1.165, 1.54) is 0 Å². The summed E-state index contributed by atoms with van der Waals surface area (Å²) in [4.78, 5) is 50.6. The molecule has 33 heavy (non-hydrogen) atoms. The lowest BCUT2D eigenvalue weighted by molar-refractivity contribution is -0.150. The molecule has 179 valence electrons. The number of aliphatic hydroxyl groups excluding tert-OH is 1. The molecule has 0 saturated carbocycles. The van der Waals surface area contributed by atoms with Gasteiger partial charge in [0.25, 0.3) is 5.91 Å². The van der Waals surface area contributed by atoms with E-state index in [2.05, 4.69) is 16.0 Å². The molecule has 1 aromatic carbocycles. The van der Waals surface area contributed by atoms with Gasteiger partial charge in [-0.1, -0.05) is 30.3 Å². The van der Waals surface area contributed by atoms with Crippen LogP contribution in [0.4, 0.5) is 4.79 Å². The summed E-state index contributed by atoms with van der Waals surface area (Å²) >= 11 is 0. The van der Waals surface area contributed by atoms with Gasteiger partial charge < -0.3 is 31.5 Å². The largest absolute Gasteiger partial charge is 0.445 e. The van der Waals surface area contributed by atoms with Gasteiger partial charge in [-0.15, -0.1) is 0 Å². The number of carbonyl (C=O) groups is 3. The second-order valence-electron chi connectivity index (χ2n) is 7.40. The zero-order valence-corrected chi connectivity index (χ0v) is 18.1. The lowest BCUT2D eigenvalue weighted by Gasteiger charge is -2.35. The first-order valence-corrected chi connectivity index (χ1v) is 10.5. The van der Waals surface area contributed by atoms with Gasteiger partial charge in [-0.25, -0.2) is 4.79 Å². The van der Waals surface area contributed by atoms with E-state index in [1.807, 2.05) is 6.07 Å². The molecular weight excluding hydrogens is 432 g/mol. The number of imide groups is 1. The van der Waals surface area contributed by atoms with Gasteiger partial charge in [0.05, 0.1) is 12.6 Å². The lowest BCUT2D eigenvalue weighted by atomic mass is 10.0. The Labute approximate surface area is 191 Å². The highest BCUT2D eigenvalue weighted by Gasteiger charge is 2.40. The first kappa shape index (κ1) is 25.7. The van der Waals surface area contributed by atoms with E-state index in [1.54, 1.807) is 30.6 Å². The first-order chi connectivity index (χ1) is 15.9. The van der Waals surface area contributed by atoms with Gasteiger partial charge in [-0.2, -0.15) is 0 Å². The van der Waals surface area contributed by atoms with Crippen LogP contribution < -0.4 is 21.7 Å². The van der Waals surface area contributed by atoms with Gasteiger partial charge in [-0.3, -0.25) is 24.7 Å². The highest BCUT2D eigenvalue weighted by molar-refractivity contribution is 6.03. The predicted octanol–water partition coefficient (Wildman–Crippen LogP) is -1.27. The number of carbonyl (C=O) groups excluding carboxylic acids is 4. The minimum atomic E-state index is -1.50. The smallest absolute Gasteiger partial charge is 0.408 e. The standard InChI is InChI=1S/C21H29N6O6/c22-20(23)25-9-4-7-15(11-28)27(18(30)16-8-10-24-16)19(31)17(12-29)26-21(32)33-13-14-5-2-1-3-6-14/h1-3,5-6,15-17,24,29H,4,7-10,12-13H2,(H,26,32)(H4,22,23,25)/t15-,16-,17+/m0/s1. The van der Waals surface area contributed by atoms with Crippen LogP contribution in [0, 0.1) is 5.41 Å². The van der Waals surface area contributed by atoms with Crippen molar-refractivity contribution < 1.29 is 29.0 Å². The quantitative estimate of drug-likeness (QED) is 0.125. The number of rotatable bonds is 12. The molecule has 3 atom stereocenters. The Morgan fingerprint density at radius 2 is 2.03 bits per heavy atom. The van der Waals surface area contributed by atoms with Crippen LogP contribution in [0.1, 0.15) is 24.8 Å². The number of alkyl carbamates (subject to hydrolysis) is 1. The molecule has 12 heteroatoms. The third kappa shape index (κ3) is 7.84. The molecule has 1 aliphatic heterocycles. The second kappa shape index (κ2) is 13.1. The highest BCUT2D eigenvalue weighted by atomic mass is 16.5. The summed E-state index contributed by atoms with van der Waals surface area (Å²) in [6.45, 7) is -0.0248. The predicted molar refractivity (Wildman–Crippen MR) is 118 cm³/mol. The summed E-state index contributed by atoms with van der Waals surface area (Å²) in [7, 11) is 0.